The van der Waals surface area contributed by atoms with Gasteiger partial charge in [0.05, 0.1) is 46.8 Å². The van der Waals surface area contributed by atoms with E-state index in [-0.39, 0.29) is 17.0 Å². The fourth-order valence-electron chi connectivity index (χ4n) is 3.87. The highest BCUT2D eigenvalue weighted by Crippen LogP contribution is 2.42. The second-order valence-corrected chi connectivity index (χ2v) is 7.98. The molecular weight excluding hydrogens is 409 g/mol. The molecule has 1 atom stereocenters. The first-order valence-corrected chi connectivity index (χ1v) is 10.1. The number of nitrogens with one attached hydrogen (secondary N) is 2. The Bertz CT molecular complexity index is 1150. The van der Waals surface area contributed by atoms with Crippen molar-refractivity contribution >= 4 is 5.91 Å². The second-order valence-electron chi connectivity index (χ2n) is 7.98. The maximum atomic E-state index is 13.8. The third-order valence-electron chi connectivity index (χ3n) is 5.71. The Balaban J connectivity index is 1.44. The molecular formula is C21H19F3N6O. The Kier molecular flexibility index (Phi) is 4.53. The van der Waals surface area contributed by atoms with Gasteiger partial charge in [-0.25, -0.2) is 4.98 Å². The third kappa shape index (κ3) is 3.66. The van der Waals surface area contributed by atoms with E-state index in [1.807, 2.05) is 0 Å². The van der Waals surface area contributed by atoms with Crippen LogP contribution in [0.25, 0.3) is 11.3 Å². The van der Waals surface area contributed by atoms with Crippen molar-refractivity contribution in [2.24, 2.45) is 0 Å². The molecule has 5 rings (SSSR count). The zero-order valence-electron chi connectivity index (χ0n) is 16.6. The average molecular weight is 428 g/mol. The number of pyridine rings is 1. The van der Waals surface area contributed by atoms with E-state index >= 15 is 0 Å². The van der Waals surface area contributed by atoms with Crippen LogP contribution >= 0.6 is 0 Å². The van der Waals surface area contributed by atoms with Crippen LogP contribution in [0.3, 0.4) is 0 Å². The third-order valence-corrected chi connectivity index (χ3v) is 5.71. The highest BCUT2D eigenvalue weighted by molar-refractivity contribution is 5.93. The molecule has 2 aliphatic carbocycles. The molecule has 0 aromatic carbocycles. The van der Waals surface area contributed by atoms with Crippen molar-refractivity contribution in [3.63, 3.8) is 0 Å². The number of carbonyl (C=O) groups excluding carboxylic acids is 1. The van der Waals surface area contributed by atoms with E-state index in [1.165, 1.54) is 6.20 Å². The number of hydrogen-bond donors (Lipinski definition) is 2. The van der Waals surface area contributed by atoms with Gasteiger partial charge < -0.3 is 5.32 Å². The first kappa shape index (κ1) is 19.7. The van der Waals surface area contributed by atoms with Crippen molar-refractivity contribution in [3.05, 3.63) is 58.6 Å². The van der Waals surface area contributed by atoms with E-state index in [1.54, 1.807) is 19.3 Å². The first-order chi connectivity index (χ1) is 14.8. The number of alkyl halides is 3. The molecule has 3 heterocycles. The standard InChI is InChI=1S/C21H19F3N6O/c1-10(16-8-26-17(9-25-16)11-2-3-11)28-20(31)15-6-13(21(22,23)24)18-14(29-15)5-4-12-7-27-30-19(12)18/h6-11H,2-5H2,1H3,(H,27,30)(H,28,31). The number of fused-ring (bicyclic) bond motifs is 3. The number of amides is 1. The van der Waals surface area contributed by atoms with Crippen molar-refractivity contribution < 1.29 is 18.0 Å². The van der Waals surface area contributed by atoms with Gasteiger partial charge in [0.1, 0.15) is 5.69 Å². The molecule has 0 spiro atoms. The Morgan fingerprint density at radius 2 is 2.00 bits per heavy atom. The van der Waals surface area contributed by atoms with Gasteiger partial charge in [0.2, 0.25) is 0 Å². The fraction of sp³-hybridized carbons (Fsp3) is 0.381. The molecule has 10 heteroatoms. The van der Waals surface area contributed by atoms with E-state index in [0.29, 0.717) is 35.7 Å². The lowest BCUT2D eigenvalue weighted by molar-refractivity contribution is -0.137. The van der Waals surface area contributed by atoms with Crippen molar-refractivity contribution in [2.75, 3.05) is 0 Å². The topological polar surface area (TPSA) is 96.5 Å². The number of aromatic amines is 1. The van der Waals surface area contributed by atoms with Gasteiger partial charge in [-0.1, -0.05) is 0 Å². The van der Waals surface area contributed by atoms with Gasteiger partial charge in [0, 0.05) is 17.7 Å². The zero-order chi connectivity index (χ0) is 21.8. The van der Waals surface area contributed by atoms with Crippen LogP contribution in [0.1, 0.15) is 70.4 Å². The fourth-order valence-corrected chi connectivity index (χ4v) is 3.87. The molecule has 160 valence electrons. The molecule has 7 nitrogen and oxygen atoms in total. The lowest BCUT2D eigenvalue weighted by Gasteiger charge is -2.21. The van der Waals surface area contributed by atoms with Crippen LogP contribution in [0.15, 0.2) is 24.7 Å². The molecule has 0 aliphatic heterocycles. The summed E-state index contributed by atoms with van der Waals surface area (Å²) in [5.41, 5.74) is 1.51. The zero-order valence-corrected chi connectivity index (χ0v) is 16.6. The molecule has 1 saturated carbocycles. The summed E-state index contributed by atoms with van der Waals surface area (Å²) >= 11 is 0. The molecule has 3 aromatic rings. The van der Waals surface area contributed by atoms with Gasteiger partial charge in [-0.15, -0.1) is 0 Å². The molecule has 2 N–H and O–H groups in total. The number of nitrogens with zero attached hydrogens (tertiary/aromatic N) is 4. The monoisotopic (exact) mass is 428 g/mol. The normalized spacial score (nSPS) is 16.4. The summed E-state index contributed by atoms with van der Waals surface area (Å²) in [7, 11) is 0. The molecule has 1 fully saturated rings. The lowest BCUT2D eigenvalue weighted by atomic mass is 9.90. The predicted octanol–water partition coefficient (Wildman–Crippen LogP) is 3.75. The van der Waals surface area contributed by atoms with Crippen molar-refractivity contribution in [1.29, 1.82) is 0 Å². The number of aryl methyl sites for hydroxylation is 2. The Morgan fingerprint density at radius 3 is 2.68 bits per heavy atom. The molecule has 1 unspecified atom stereocenters. The molecule has 0 saturated heterocycles. The maximum absolute atomic E-state index is 13.8. The van der Waals surface area contributed by atoms with Crippen molar-refractivity contribution in [1.82, 2.24) is 30.5 Å². The predicted molar refractivity (Wildman–Crippen MR) is 104 cm³/mol. The van der Waals surface area contributed by atoms with Gasteiger partial charge >= 0.3 is 6.18 Å². The number of rotatable bonds is 4. The smallest absolute Gasteiger partial charge is 0.343 e. The second kappa shape index (κ2) is 7.14. The molecule has 0 radical (unpaired) electrons. The van der Waals surface area contributed by atoms with Crippen molar-refractivity contribution in [3.8, 4) is 11.3 Å². The number of H-pyrrole nitrogens is 1. The van der Waals surface area contributed by atoms with Crippen LogP contribution in [-0.2, 0) is 19.0 Å². The van der Waals surface area contributed by atoms with E-state index in [4.69, 9.17) is 0 Å². The minimum absolute atomic E-state index is 0.0302. The van der Waals surface area contributed by atoms with Crippen LogP contribution in [-0.4, -0.2) is 31.1 Å². The van der Waals surface area contributed by atoms with E-state index in [2.05, 4.69) is 30.5 Å². The highest BCUT2D eigenvalue weighted by atomic mass is 19.4. The number of aromatic nitrogens is 5. The van der Waals surface area contributed by atoms with Crippen molar-refractivity contribution in [2.45, 2.75) is 50.7 Å². The molecule has 31 heavy (non-hydrogen) atoms. The number of hydrogen-bond acceptors (Lipinski definition) is 5. The van der Waals surface area contributed by atoms with Crippen LogP contribution < -0.4 is 5.32 Å². The molecule has 1 amide bonds. The SMILES string of the molecule is CC(NC(=O)c1cc(C(F)(F)F)c2c(n1)CCc1cn[nH]c1-2)c1cnc(C2CC2)cn1. The molecule has 0 bridgehead atoms. The summed E-state index contributed by atoms with van der Waals surface area (Å²) in [6.45, 7) is 1.71. The number of halogens is 3. The van der Waals surface area contributed by atoms with E-state index < -0.39 is 23.7 Å². The largest absolute Gasteiger partial charge is 0.417 e. The Morgan fingerprint density at radius 1 is 1.19 bits per heavy atom. The van der Waals surface area contributed by atoms with Gasteiger partial charge in [-0.05, 0) is 44.2 Å². The molecule has 2 aliphatic rings. The minimum atomic E-state index is -4.64. The summed E-state index contributed by atoms with van der Waals surface area (Å²) in [6, 6.07) is 0.276. The van der Waals surface area contributed by atoms with Crippen LogP contribution in [0.4, 0.5) is 13.2 Å². The lowest BCUT2D eigenvalue weighted by Crippen LogP contribution is -2.29. The van der Waals surface area contributed by atoms with Crippen LogP contribution in [0.2, 0.25) is 0 Å². The summed E-state index contributed by atoms with van der Waals surface area (Å²) in [6.07, 6.45) is 3.19. The van der Waals surface area contributed by atoms with Gasteiger partial charge in [-0.3, -0.25) is 19.9 Å². The average Bonchev–Trinajstić information content (AvgIpc) is 3.48. The van der Waals surface area contributed by atoms with Gasteiger partial charge in [0.25, 0.3) is 5.91 Å². The van der Waals surface area contributed by atoms with Gasteiger partial charge in [0.15, 0.2) is 0 Å². The first-order valence-electron chi connectivity index (χ1n) is 10.1. The maximum Gasteiger partial charge on any atom is 0.417 e. The Hall–Kier alpha value is -3.30. The quantitative estimate of drug-likeness (QED) is 0.660. The molecule has 3 aromatic heterocycles. The Labute approximate surface area is 175 Å². The van der Waals surface area contributed by atoms with Crippen LogP contribution in [0, 0.1) is 0 Å². The van der Waals surface area contributed by atoms with E-state index in [0.717, 1.165) is 24.6 Å². The highest BCUT2D eigenvalue weighted by Gasteiger charge is 2.38. The summed E-state index contributed by atoms with van der Waals surface area (Å²) < 4.78 is 41.5. The summed E-state index contributed by atoms with van der Waals surface area (Å²) in [4.78, 5) is 25.7. The minimum Gasteiger partial charge on any atom is -0.343 e. The van der Waals surface area contributed by atoms with Gasteiger partial charge in [-0.2, -0.15) is 18.3 Å². The van der Waals surface area contributed by atoms with E-state index in [9.17, 15) is 18.0 Å². The summed E-state index contributed by atoms with van der Waals surface area (Å²) in [5, 5.41) is 9.19. The summed E-state index contributed by atoms with van der Waals surface area (Å²) in [5.74, 6) is -0.230. The van der Waals surface area contributed by atoms with Crippen LogP contribution in [0.5, 0.6) is 0 Å². The number of carbonyl (C=O) groups is 1.